The maximum absolute atomic E-state index is 8.70. The SMILES string of the molecule is Cc1cc(CNCCO)c2[nH]ccc2c1. The van der Waals surface area contributed by atoms with Gasteiger partial charge in [0.1, 0.15) is 0 Å². The molecule has 0 aliphatic carbocycles. The summed E-state index contributed by atoms with van der Waals surface area (Å²) in [5.74, 6) is 0. The highest BCUT2D eigenvalue weighted by Gasteiger charge is 2.02. The smallest absolute Gasteiger partial charge is 0.0556 e. The van der Waals surface area contributed by atoms with Gasteiger partial charge >= 0.3 is 0 Å². The number of fused-ring (bicyclic) bond motifs is 1. The Balaban J connectivity index is 2.27. The Morgan fingerprint density at radius 2 is 2.27 bits per heavy atom. The summed E-state index contributed by atoms with van der Waals surface area (Å²) in [6, 6.07) is 6.42. The van der Waals surface area contributed by atoms with Crippen LogP contribution in [0.15, 0.2) is 24.4 Å². The Kier molecular flexibility index (Phi) is 3.04. The largest absolute Gasteiger partial charge is 0.395 e. The maximum atomic E-state index is 8.70. The monoisotopic (exact) mass is 204 g/mol. The highest BCUT2D eigenvalue weighted by molar-refractivity contribution is 5.83. The predicted octanol–water partition coefficient (Wildman–Crippen LogP) is 1.56. The molecule has 1 aromatic heterocycles. The van der Waals surface area contributed by atoms with Crippen molar-refractivity contribution in [1.82, 2.24) is 10.3 Å². The third-order valence-corrected chi connectivity index (χ3v) is 2.49. The molecule has 1 heterocycles. The van der Waals surface area contributed by atoms with E-state index in [1.807, 2.05) is 6.20 Å². The van der Waals surface area contributed by atoms with E-state index in [4.69, 9.17) is 5.11 Å². The number of aryl methyl sites for hydroxylation is 1. The Hall–Kier alpha value is -1.32. The van der Waals surface area contributed by atoms with Gasteiger partial charge in [0.25, 0.3) is 0 Å². The van der Waals surface area contributed by atoms with Crippen molar-refractivity contribution in [3.8, 4) is 0 Å². The molecular formula is C12H16N2O. The van der Waals surface area contributed by atoms with E-state index in [1.54, 1.807) is 0 Å². The van der Waals surface area contributed by atoms with Crippen molar-refractivity contribution >= 4 is 10.9 Å². The van der Waals surface area contributed by atoms with Crippen LogP contribution in [0.4, 0.5) is 0 Å². The molecule has 0 atom stereocenters. The molecule has 0 saturated heterocycles. The molecule has 3 N–H and O–H groups in total. The third kappa shape index (κ3) is 2.19. The second-order valence-corrected chi connectivity index (χ2v) is 3.77. The van der Waals surface area contributed by atoms with Crippen molar-refractivity contribution in [2.45, 2.75) is 13.5 Å². The molecule has 80 valence electrons. The molecule has 0 saturated carbocycles. The molecule has 0 spiro atoms. The van der Waals surface area contributed by atoms with Gasteiger partial charge in [0.05, 0.1) is 6.61 Å². The molecule has 0 amide bonds. The lowest BCUT2D eigenvalue weighted by Crippen LogP contribution is -2.17. The van der Waals surface area contributed by atoms with Crippen molar-refractivity contribution in [1.29, 1.82) is 0 Å². The molecule has 1 aromatic carbocycles. The number of rotatable bonds is 4. The molecule has 0 bridgehead atoms. The van der Waals surface area contributed by atoms with Crippen LogP contribution in [0.3, 0.4) is 0 Å². The summed E-state index contributed by atoms with van der Waals surface area (Å²) < 4.78 is 0. The zero-order valence-electron chi connectivity index (χ0n) is 8.88. The van der Waals surface area contributed by atoms with E-state index in [1.165, 1.54) is 22.0 Å². The van der Waals surface area contributed by atoms with Gasteiger partial charge in [-0.3, -0.25) is 0 Å². The van der Waals surface area contributed by atoms with Gasteiger partial charge in [0, 0.05) is 24.8 Å². The minimum Gasteiger partial charge on any atom is -0.395 e. The summed E-state index contributed by atoms with van der Waals surface area (Å²) >= 11 is 0. The Bertz CT molecular complexity index is 448. The molecule has 0 aliphatic heterocycles. The Morgan fingerprint density at radius 3 is 3.07 bits per heavy atom. The molecule has 15 heavy (non-hydrogen) atoms. The third-order valence-electron chi connectivity index (χ3n) is 2.49. The van der Waals surface area contributed by atoms with Gasteiger partial charge in [-0.2, -0.15) is 0 Å². The molecule has 0 radical (unpaired) electrons. The molecular weight excluding hydrogens is 188 g/mol. The second-order valence-electron chi connectivity index (χ2n) is 3.77. The van der Waals surface area contributed by atoms with Gasteiger partial charge in [-0.15, -0.1) is 0 Å². The van der Waals surface area contributed by atoms with E-state index < -0.39 is 0 Å². The lowest BCUT2D eigenvalue weighted by molar-refractivity contribution is 0.292. The summed E-state index contributed by atoms with van der Waals surface area (Å²) in [6.45, 7) is 3.71. The van der Waals surface area contributed by atoms with Crippen LogP contribution < -0.4 is 5.32 Å². The molecule has 0 aliphatic rings. The van der Waals surface area contributed by atoms with Crippen LogP contribution in [-0.4, -0.2) is 23.2 Å². The van der Waals surface area contributed by atoms with Crippen molar-refractivity contribution in [3.63, 3.8) is 0 Å². The highest BCUT2D eigenvalue weighted by Crippen LogP contribution is 2.19. The molecule has 0 unspecified atom stereocenters. The molecule has 2 rings (SSSR count). The van der Waals surface area contributed by atoms with Crippen LogP contribution in [0.2, 0.25) is 0 Å². The number of aromatic nitrogens is 1. The summed E-state index contributed by atoms with van der Waals surface area (Å²) in [4.78, 5) is 3.24. The number of aliphatic hydroxyl groups excluding tert-OH is 1. The first-order valence-electron chi connectivity index (χ1n) is 5.19. The molecule has 3 heteroatoms. The van der Waals surface area contributed by atoms with Crippen LogP contribution in [0.1, 0.15) is 11.1 Å². The maximum Gasteiger partial charge on any atom is 0.0556 e. The first-order chi connectivity index (χ1) is 7.31. The van der Waals surface area contributed by atoms with Gasteiger partial charge in [-0.25, -0.2) is 0 Å². The minimum atomic E-state index is 0.180. The van der Waals surface area contributed by atoms with Crippen molar-refractivity contribution < 1.29 is 5.11 Å². The zero-order valence-corrected chi connectivity index (χ0v) is 8.88. The van der Waals surface area contributed by atoms with Gasteiger partial charge < -0.3 is 15.4 Å². The van der Waals surface area contributed by atoms with Crippen LogP contribution in [-0.2, 0) is 6.54 Å². The van der Waals surface area contributed by atoms with Crippen molar-refractivity contribution in [2.75, 3.05) is 13.2 Å². The van der Waals surface area contributed by atoms with Gasteiger partial charge in [-0.05, 0) is 30.0 Å². The zero-order chi connectivity index (χ0) is 10.7. The first kappa shape index (κ1) is 10.2. The van der Waals surface area contributed by atoms with Crippen molar-refractivity contribution in [2.24, 2.45) is 0 Å². The average molecular weight is 204 g/mol. The number of H-pyrrole nitrogens is 1. The van der Waals surface area contributed by atoms with E-state index in [-0.39, 0.29) is 6.61 Å². The fourth-order valence-electron chi connectivity index (χ4n) is 1.86. The lowest BCUT2D eigenvalue weighted by atomic mass is 10.1. The minimum absolute atomic E-state index is 0.180. The molecule has 2 aromatic rings. The van der Waals surface area contributed by atoms with Crippen molar-refractivity contribution in [3.05, 3.63) is 35.5 Å². The Morgan fingerprint density at radius 1 is 1.40 bits per heavy atom. The molecule has 3 nitrogen and oxygen atoms in total. The summed E-state index contributed by atoms with van der Waals surface area (Å²) in [6.07, 6.45) is 1.96. The molecule has 0 fully saturated rings. The van der Waals surface area contributed by atoms with E-state index in [0.717, 1.165) is 6.54 Å². The van der Waals surface area contributed by atoms with E-state index >= 15 is 0 Å². The number of aromatic amines is 1. The standard InChI is InChI=1S/C12H16N2O/c1-9-6-10-2-3-14-12(10)11(7-9)8-13-4-5-15/h2-3,6-7,13-15H,4-5,8H2,1H3. The number of hydrogen-bond acceptors (Lipinski definition) is 2. The number of hydrogen-bond donors (Lipinski definition) is 3. The topological polar surface area (TPSA) is 48.0 Å². The van der Waals surface area contributed by atoms with Crippen LogP contribution in [0.5, 0.6) is 0 Å². The fraction of sp³-hybridized carbons (Fsp3) is 0.333. The van der Waals surface area contributed by atoms with Gasteiger partial charge in [0.2, 0.25) is 0 Å². The van der Waals surface area contributed by atoms with Crippen LogP contribution in [0, 0.1) is 6.92 Å². The van der Waals surface area contributed by atoms with Crippen LogP contribution >= 0.6 is 0 Å². The summed E-state index contributed by atoms with van der Waals surface area (Å²) in [7, 11) is 0. The highest BCUT2D eigenvalue weighted by atomic mass is 16.3. The Labute approximate surface area is 89.1 Å². The fourth-order valence-corrected chi connectivity index (χ4v) is 1.86. The number of benzene rings is 1. The number of aliphatic hydroxyl groups is 1. The first-order valence-corrected chi connectivity index (χ1v) is 5.19. The lowest BCUT2D eigenvalue weighted by Gasteiger charge is -2.06. The van der Waals surface area contributed by atoms with Gasteiger partial charge in [0.15, 0.2) is 0 Å². The van der Waals surface area contributed by atoms with E-state index in [0.29, 0.717) is 6.54 Å². The van der Waals surface area contributed by atoms with E-state index in [9.17, 15) is 0 Å². The van der Waals surface area contributed by atoms with E-state index in [2.05, 4.69) is 35.4 Å². The second kappa shape index (κ2) is 4.47. The average Bonchev–Trinajstić information content (AvgIpc) is 2.65. The summed E-state index contributed by atoms with van der Waals surface area (Å²) in [5.41, 5.74) is 3.71. The predicted molar refractivity (Wildman–Crippen MR) is 61.8 cm³/mol. The number of nitrogens with one attached hydrogen (secondary N) is 2. The summed E-state index contributed by atoms with van der Waals surface area (Å²) in [5, 5.41) is 13.1. The van der Waals surface area contributed by atoms with Crippen LogP contribution in [0.25, 0.3) is 10.9 Å². The quantitative estimate of drug-likeness (QED) is 0.662. The van der Waals surface area contributed by atoms with Gasteiger partial charge in [-0.1, -0.05) is 11.6 Å². The normalized spacial score (nSPS) is 11.1.